The van der Waals surface area contributed by atoms with Gasteiger partial charge in [-0.1, -0.05) is 38.0 Å². The van der Waals surface area contributed by atoms with Gasteiger partial charge in [0.1, 0.15) is 0 Å². The average molecular weight is 416 g/mol. The van der Waals surface area contributed by atoms with E-state index in [0.29, 0.717) is 57.4 Å². The lowest BCUT2D eigenvalue weighted by Gasteiger charge is -2.35. The molecule has 2 rings (SSSR count). The standard InChI is InChI=1S/C23H37N5O2/c1-18(2)17-22(30)28-15-13-27(14-16-28)21(29)7-5-4-6-12-25-23(24)26-20-10-8-19(3)9-11-20/h8-11,18H,4-7,12-17H2,1-3H3,(H3,24,25,26). The molecule has 7 heteroatoms. The van der Waals surface area contributed by atoms with Crippen molar-refractivity contribution < 1.29 is 9.59 Å². The molecular formula is C23H37N5O2. The number of guanidine groups is 1. The van der Waals surface area contributed by atoms with Crippen molar-refractivity contribution in [2.75, 3.05) is 38.0 Å². The third-order valence-electron chi connectivity index (χ3n) is 5.22. The topological polar surface area (TPSA) is 91.0 Å². The summed E-state index contributed by atoms with van der Waals surface area (Å²) in [4.78, 5) is 32.6. The van der Waals surface area contributed by atoms with E-state index in [2.05, 4.69) is 24.2 Å². The molecule has 1 heterocycles. The highest BCUT2D eigenvalue weighted by Gasteiger charge is 2.23. The molecule has 0 aliphatic carbocycles. The van der Waals surface area contributed by atoms with Crippen LogP contribution in [0.2, 0.25) is 0 Å². The second kappa shape index (κ2) is 12.2. The van der Waals surface area contributed by atoms with Crippen LogP contribution in [0.15, 0.2) is 29.3 Å². The third-order valence-corrected chi connectivity index (χ3v) is 5.22. The van der Waals surface area contributed by atoms with Crippen LogP contribution >= 0.6 is 0 Å². The maximum atomic E-state index is 12.4. The fourth-order valence-corrected chi connectivity index (χ4v) is 3.43. The fourth-order valence-electron chi connectivity index (χ4n) is 3.43. The molecule has 1 aliphatic heterocycles. The number of hydrogen-bond donors (Lipinski definition) is 2. The largest absolute Gasteiger partial charge is 0.370 e. The Bertz CT molecular complexity index is 707. The van der Waals surface area contributed by atoms with E-state index in [1.807, 2.05) is 41.0 Å². The second-order valence-electron chi connectivity index (χ2n) is 8.43. The molecule has 30 heavy (non-hydrogen) atoms. The summed E-state index contributed by atoms with van der Waals surface area (Å²) >= 11 is 0. The third kappa shape index (κ3) is 8.43. The van der Waals surface area contributed by atoms with Crippen molar-refractivity contribution >= 4 is 23.5 Å². The van der Waals surface area contributed by atoms with Crippen LogP contribution in [0.1, 0.15) is 51.5 Å². The Morgan fingerprint density at radius 3 is 2.20 bits per heavy atom. The number of unbranched alkanes of at least 4 members (excludes halogenated alkanes) is 2. The zero-order valence-corrected chi connectivity index (χ0v) is 18.7. The molecule has 1 aliphatic rings. The number of hydrogen-bond acceptors (Lipinski definition) is 3. The quantitative estimate of drug-likeness (QED) is 0.368. The Hall–Kier alpha value is -2.57. The number of aryl methyl sites for hydroxylation is 1. The summed E-state index contributed by atoms with van der Waals surface area (Å²) in [6.07, 6.45) is 3.84. The van der Waals surface area contributed by atoms with Gasteiger partial charge in [0.25, 0.3) is 0 Å². The van der Waals surface area contributed by atoms with E-state index in [0.717, 1.165) is 24.9 Å². The van der Waals surface area contributed by atoms with Gasteiger partial charge in [-0.2, -0.15) is 0 Å². The number of benzene rings is 1. The van der Waals surface area contributed by atoms with E-state index < -0.39 is 0 Å². The highest BCUT2D eigenvalue weighted by Crippen LogP contribution is 2.11. The van der Waals surface area contributed by atoms with E-state index in [4.69, 9.17) is 5.73 Å². The Balaban J connectivity index is 1.57. The number of anilines is 1. The van der Waals surface area contributed by atoms with Gasteiger partial charge in [-0.15, -0.1) is 0 Å². The summed E-state index contributed by atoms with van der Waals surface area (Å²) in [5, 5.41) is 3.08. The SMILES string of the molecule is Cc1ccc(NC(N)=NCCCCCC(=O)N2CCN(C(=O)CC(C)C)CC2)cc1. The van der Waals surface area contributed by atoms with Crippen molar-refractivity contribution in [2.45, 2.75) is 52.9 Å². The zero-order chi connectivity index (χ0) is 21.9. The minimum absolute atomic E-state index is 0.190. The number of piperazine rings is 1. The molecule has 3 N–H and O–H groups in total. The summed E-state index contributed by atoms with van der Waals surface area (Å²) in [5.41, 5.74) is 8.04. The van der Waals surface area contributed by atoms with Crippen molar-refractivity contribution in [3.8, 4) is 0 Å². The number of nitrogens with two attached hydrogens (primary N) is 1. The van der Waals surface area contributed by atoms with Crippen molar-refractivity contribution in [1.82, 2.24) is 9.80 Å². The van der Waals surface area contributed by atoms with Crippen molar-refractivity contribution in [3.63, 3.8) is 0 Å². The highest BCUT2D eigenvalue weighted by atomic mass is 16.2. The summed E-state index contributed by atoms with van der Waals surface area (Å²) in [6, 6.07) is 8.00. The predicted octanol–water partition coefficient (Wildman–Crippen LogP) is 3.00. The van der Waals surface area contributed by atoms with Gasteiger partial charge in [-0.05, 0) is 37.8 Å². The number of carbonyl (C=O) groups excluding carboxylic acids is 2. The lowest BCUT2D eigenvalue weighted by Crippen LogP contribution is -2.50. The highest BCUT2D eigenvalue weighted by molar-refractivity contribution is 5.92. The molecule has 0 bridgehead atoms. The summed E-state index contributed by atoms with van der Waals surface area (Å²) in [7, 11) is 0. The number of rotatable bonds is 9. The Labute approximate surface area is 180 Å². The van der Waals surface area contributed by atoms with Gasteiger partial charge < -0.3 is 20.9 Å². The van der Waals surface area contributed by atoms with Gasteiger partial charge >= 0.3 is 0 Å². The minimum atomic E-state index is 0.190. The van der Waals surface area contributed by atoms with Gasteiger partial charge in [0.05, 0.1) is 0 Å². The molecule has 1 fully saturated rings. The molecule has 0 saturated carbocycles. The van der Waals surface area contributed by atoms with E-state index in [1.165, 1.54) is 5.56 Å². The first-order chi connectivity index (χ1) is 14.3. The fraction of sp³-hybridized carbons (Fsp3) is 0.609. The molecule has 0 spiro atoms. The number of nitrogens with one attached hydrogen (secondary N) is 1. The van der Waals surface area contributed by atoms with E-state index in [-0.39, 0.29) is 11.8 Å². The lowest BCUT2D eigenvalue weighted by atomic mass is 10.1. The number of amides is 2. The van der Waals surface area contributed by atoms with E-state index >= 15 is 0 Å². The summed E-state index contributed by atoms with van der Waals surface area (Å²) < 4.78 is 0. The Kier molecular flexibility index (Phi) is 9.64. The number of carbonyl (C=O) groups is 2. The predicted molar refractivity (Wildman–Crippen MR) is 122 cm³/mol. The monoisotopic (exact) mass is 415 g/mol. The molecule has 1 saturated heterocycles. The second-order valence-corrected chi connectivity index (χ2v) is 8.43. The number of nitrogens with zero attached hydrogens (tertiary/aromatic N) is 3. The smallest absolute Gasteiger partial charge is 0.222 e. The molecule has 0 atom stereocenters. The lowest BCUT2D eigenvalue weighted by molar-refractivity contribution is -0.140. The number of aliphatic imine (C=N–C) groups is 1. The van der Waals surface area contributed by atoms with Crippen LogP contribution < -0.4 is 11.1 Å². The van der Waals surface area contributed by atoms with Crippen LogP contribution in [0.5, 0.6) is 0 Å². The maximum Gasteiger partial charge on any atom is 0.222 e. The first-order valence-electron chi connectivity index (χ1n) is 11.0. The molecule has 1 aromatic rings. The van der Waals surface area contributed by atoms with Crippen LogP contribution in [0, 0.1) is 12.8 Å². The van der Waals surface area contributed by atoms with Crippen LogP contribution in [0.4, 0.5) is 5.69 Å². The van der Waals surface area contributed by atoms with Crippen molar-refractivity contribution in [1.29, 1.82) is 0 Å². The van der Waals surface area contributed by atoms with Crippen molar-refractivity contribution in [2.24, 2.45) is 16.6 Å². The Morgan fingerprint density at radius 1 is 1.00 bits per heavy atom. The van der Waals surface area contributed by atoms with Gasteiger partial charge in [-0.25, -0.2) is 0 Å². The molecule has 0 unspecified atom stereocenters. The minimum Gasteiger partial charge on any atom is -0.370 e. The molecule has 7 nitrogen and oxygen atoms in total. The summed E-state index contributed by atoms with van der Waals surface area (Å²) in [6.45, 7) is 9.40. The molecule has 2 amide bonds. The van der Waals surface area contributed by atoms with Gasteiger partial charge in [0.15, 0.2) is 5.96 Å². The van der Waals surface area contributed by atoms with Gasteiger partial charge in [0.2, 0.25) is 11.8 Å². The van der Waals surface area contributed by atoms with E-state index in [1.54, 1.807) is 0 Å². The zero-order valence-electron chi connectivity index (χ0n) is 18.7. The molecule has 1 aromatic carbocycles. The Morgan fingerprint density at radius 2 is 1.60 bits per heavy atom. The molecule has 0 radical (unpaired) electrons. The van der Waals surface area contributed by atoms with Gasteiger partial charge in [0, 0.05) is 51.3 Å². The van der Waals surface area contributed by atoms with Crippen molar-refractivity contribution in [3.05, 3.63) is 29.8 Å². The van der Waals surface area contributed by atoms with Gasteiger partial charge in [-0.3, -0.25) is 14.6 Å². The average Bonchev–Trinajstić information content (AvgIpc) is 2.71. The van der Waals surface area contributed by atoms with Crippen LogP contribution in [0.3, 0.4) is 0 Å². The molecule has 0 aromatic heterocycles. The normalized spacial score (nSPS) is 14.9. The maximum absolute atomic E-state index is 12.4. The van der Waals surface area contributed by atoms with Crippen LogP contribution in [0.25, 0.3) is 0 Å². The van der Waals surface area contributed by atoms with Crippen LogP contribution in [-0.2, 0) is 9.59 Å². The first kappa shape index (κ1) is 23.7. The first-order valence-corrected chi connectivity index (χ1v) is 11.0. The molecular weight excluding hydrogens is 378 g/mol. The summed E-state index contributed by atoms with van der Waals surface area (Å²) in [5.74, 6) is 1.18. The van der Waals surface area contributed by atoms with E-state index in [9.17, 15) is 9.59 Å². The molecule has 166 valence electrons. The van der Waals surface area contributed by atoms with Crippen LogP contribution in [-0.4, -0.2) is 60.3 Å².